The summed E-state index contributed by atoms with van der Waals surface area (Å²) in [5.74, 6) is -0.564. The third-order valence-electron chi connectivity index (χ3n) is 5.04. The number of hydrogen-bond donors (Lipinski definition) is 1. The molecule has 0 spiro atoms. The summed E-state index contributed by atoms with van der Waals surface area (Å²) in [4.78, 5) is 2.10. The van der Waals surface area contributed by atoms with Gasteiger partial charge in [0.2, 0.25) is 0 Å². The van der Waals surface area contributed by atoms with Crippen molar-refractivity contribution in [1.82, 2.24) is 4.90 Å². The van der Waals surface area contributed by atoms with Crippen LogP contribution in [0.1, 0.15) is 24.0 Å². The van der Waals surface area contributed by atoms with Crippen molar-refractivity contribution < 1.29 is 13.9 Å². The molecule has 0 aliphatic carbocycles. The van der Waals surface area contributed by atoms with E-state index >= 15 is 0 Å². The molecule has 1 heterocycles. The van der Waals surface area contributed by atoms with E-state index in [4.69, 9.17) is 11.6 Å². The molecule has 0 amide bonds. The molecule has 1 fully saturated rings. The highest BCUT2D eigenvalue weighted by Crippen LogP contribution is 2.35. The number of likely N-dealkylation sites (tertiary alicyclic amines) is 1. The monoisotopic (exact) mass is 365 g/mol. The summed E-state index contributed by atoms with van der Waals surface area (Å²) < 4.78 is 28.1. The third kappa shape index (κ3) is 4.20. The predicted molar refractivity (Wildman–Crippen MR) is 95.5 cm³/mol. The van der Waals surface area contributed by atoms with Crippen LogP contribution in [0.4, 0.5) is 8.78 Å². The summed E-state index contributed by atoms with van der Waals surface area (Å²) in [6, 6.07) is 11.4. The van der Waals surface area contributed by atoms with Gasteiger partial charge in [0.05, 0.1) is 6.61 Å². The molecule has 3 rings (SSSR count). The number of rotatable bonds is 5. The van der Waals surface area contributed by atoms with Gasteiger partial charge >= 0.3 is 0 Å². The van der Waals surface area contributed by atoms with Crippen molar-refractivity contribution in [1.29, 1.82) is 0 Å². The first kappa shape index (κ1) is 18.3. The van der Waals surface area contributed by atoms with E-state index in [0.717, 1.165) is 19.4 Å². The minimum absolute atomic E-state index is 0.0250. The van der Waals surface area contributed by atoms with Crippen LogP contribution in [0.15, 0.2) is 42.5 Å². The molecule has 1 N–H and O–H groups in total. The van der Waals surface area contributed by atoms with Crippen molar-refractivity contribution in [3.8, 4) is 0 Å². The molecule has 0 radical (unpaired) electrons. The van der Waals surface area contributed by atoms with Gasteiger partial charge in [0, 0.05) is 29.1 Å². The molecule has 1 aliphatic rings. The highest BCUT2D eigenvalue weighted by Gasteiger charge is 2.36. The number of benzene rings is 2. The van der Waals surface area contributed by atoms with Crippen molar-refractivity contribution >= 4 is 11.6 Å². The first-order valence-electron chi connectivity index (χ1n) is 8.52. The highest BCUT2D eigenvalue weighted by molar-refractivity contribution is 6.31. The van der Waals surface area contributed by atoms with E-state index in [0.29, 0.717) is 35.7 Å². The average molecular weight is 366 g/mol. The van der Waals surface area contributed by atoms with Gasteiger partial charge < -0.3 is 5.11 Å². The van der Waals surface area contributed by atoms with Crippen molar-refractivity contribution in [2.75, 3.05) is 19.7 Å². The Bertz CT molecular complexity index is 719. The lowest BCUT2D eigenvalue weighted by Gasteiger charge is -2.42. The molecule has 1 aliphatic heterocycles. The van der Waals surface area contributed by atoms with Crippen molar-refractivity contribution in [2.45, 2.75) is 25.8 Å². The Kier molecular flexibility index (Phi) is 5.72. The summed E-state index contributed by atoms with van der Waals surface area (Å²) in [5, 5.41) is 10.4. The zero-order valence-corrected chi connectivity index (χ0v) is 14.8. The van der Waals surface area contributed by atoms with E-state index < -0.39 is 5.41 Å². The molecule has 134 valence electrons. The van der Waals surface area contributed by atoms with Gasteiger partial charge in [0.25, 0.3) is 0 Å². The van der Waals surface area contributed by atoms with Crippen molar-refractivity contribution in [3.05, 3.63) is 70.2 Å². The zero-order valence-electron chi connectivity index (χ0n) is 14.0. The van der Waals surface area contributed by atoms with Gasteiger partial charge in [-0.15, -0.1) is 0 Å². The molecule has 1 saturated heterocycles. The second kappa shape index (κ2) is 7.81. The molecule has 5 heteroatoms. The van der Waals surface area contributed by atoms with Gasteiger partial charge in [-0.3, -0.25) is 4.90 Å². The molecule has 0 aromatic heterocycles. The fraction of sp³-hybridized carbons (Fsp3) is 0.400. The Balaban J connectivity index is 1.77. The average Bonchev–Trinajstić information content (AvgIpc) is 2.61. The largest absolute Gasteiger partial charge is 0.396 e. The molecule has 2 aromatic rings. The van der Waals surface area contributed by atoms with E-state index in [-0.39, 0.29) is 18.2 Å². The smallest absolute Gasteiger partial charge is 0.129 e. The van der Waals surface area contributed by atoms with E-state index in [2.05, 4.69) is 4.90 Å². The number of nitrogens with zero attached hydrogens (tertiary/aromatic N) is 1. The standard InChI is InChI=1S/C20H22ClF2NO/c21-17-6-3-8-19(23)16(17)12-24-10-4-9-20(13-24,14-25)11-15-5-1-2-7-18(15)22/h1-3,5-8,25H,4,9-14H2/t20-/m1/s1. The molecule has 0 unspecified atom stereocenters. The quantitative estimate of drug-likeness (QED) is 0.847. The summed E-state index contributed by atoms with van der Waals surface area (Å²) >= 11 is 6.14. The highest BCUT2D eigenvalue weighted by atomic mass is 35.5. The lowest BCUT2D eigenvalue weighted by atomic mass is 9.75. The topological polar surface area (TPSA) is 23.5 Å². The Morgan fingerprint density at radius 3 is 2.56 bits per heavy atom. The van der Waals surface area contributed by atoms with Crippen LogP contribution in [0, 0.1) is 17.0 Å². The van der Waals surface area contributed by atoms with Crippen molar-refractivity contribution in [2.24, 2.45) is 5.41 Å². The van der Waals surface area contributed by atoms with Gasteiger partial charge in [-0.2, -0.15) is 0 Å². The Labute approximate surface area is 152 Å². The Morgan fingerprint density at radius 2 is 1.84 bits per heavy atom. The molecule has 2 aromatic carbocycles. The molecule has 2 nitrogen and oxygen atoms in total. The van der Waals surface area contributed by atoms with Gasteiger partial charge in [-0.25, -0.2) is 8.78 Å². The van der Waals surface area contributed by atoms with Crippen molar-refractivity contribution in [3.63, 3.8) is 0 Å². The number of halogens is 3. The SMILES string of the molecule is OC[C@@]1(Cc2ccccc2F)CCCN(Cc2c(F)cccc2Cl)C1. The van der Waals surface area contributed by atoms with E-state index in [1.165, 1.54) is 12.1 Å². The van der Waals surface area contributed by atoms with Gasteiger partial charge in [-0.05, 0) is 49.6 Å². The first-order valence-corrected chi connectivity index (χ1v) is 8.90. The minimum atomic E-state index is -0.418. The number of hydrogen-bond acceptors (Lipinski definition) is 2. The maximum atomic E-state index is 14.1. The van der Waals surface area contributed by atoms with Gasteiger partial charge in [-0.1, -0.05) is 35.9 Å². The molecular formula is C20H22ClF2NO. The summed E-state index contributed by atoms with van der Waals surface area (Å²) in [7, 11) is 0. The van der Waals surface area contributed by atoms with E-state index in [9.17, 15) is 13.9 Å². The van der Waals surface area contributed by atoms with E-state index in [1.807, 2.05) is 6.07 Å². The number of aliphatic hydroxyl groups excluding tert-OH is 1. The van der Waals surface area contributed by atoms with Crippen LogP contribution in [0.2, 0.25) is 5.02 Å². The van der Waals surface area contributed by atoms with Crippen LogP contribution < -0.4 is 0 Å². The first-order chi connectivity index (χ1) is 12.0. The summed E-state index contributed by atoms with van der Waals surface area (Å²) in [6.45, 7) is 1.76. The molecule has 25 heavy (non-hydrogen) atoms. The normalized spacial score (nSPS) is 21.4. The van der Waals surface area contributed by atoms with Gasteiger partial charge in [0.15, 0.2) is 0 Å². The van der Waals surface area contributed by atoms with E-state index in [1.54, 1.807) is 24.3 Å². The van der Waals surface area contributed by atoms with Crippen LogP contribution in [0.3, 0.4) is 0 Å². The number of piperidine rings is 1. The van der Waals surface area contributed by atoms with Gasteiger partial charge in [0.1, 0.15) is 11.6 Å². The fourth-order valence-electron chi connectivity index (χ4n) is 3.73. The summed E-state index contributed by atoms with van der Waals surface area (Å²) in [5.41, 5.74) is 0.671. The second-order valence-corrected chi connectivity index (χ2v) is 7.35. The predicted octanol–water partition coefficient (Wildman–Crippen LogP) is 4.44. The van der Waals surface area contributed by atoms with Crippen LogP contribution in [-0.2, 0) is 13.0 Å². The minimum Gasteiger partial charge on any atom is -0.396 e. The van der Waals surface area contributed by atoms with Crippen LogP contribution >= 0.6 is 11.6 Å². The maximum absolute atomic E-state index is 14.1. The molecule has 0 bridgehead atoms. The lowest BCUT2D eigenvalue weighted by molar-refractivity contribution is 0.0279. The van der Waals surface area contributed by atoms with Crippen LogP contribution in [0.25, 0.3) is 0 Å². The summed E-state index contributed by atoms with van der Waals surface area (Å²) in [6.07, 6.45) is 2.16. The van der Waals surface area contributed by atoms with Crippen LogP contribution in [0.5, 0.6) is 0 Å². The molecular weight excluding hydrogens is 344 g/mol. The lowest BCUT2D eigenvalue weighted by Crippen LogP contribution is -2.46. The Hall–Kier alpha value is -1.49. The van der Waals surface area contributed by atoms with Crippen LogP contribution in [-0.4, -0.2) is 29.7 Å². The molecule has 0 saturated carbocycles. The number of aliphatic hydroxyl groups is 1. The maximum Gasteiger partial charge on any atom is 0.129 e. The fourth-order valence-corrected chi connectivity index (χ4v) is 3.95. The Morgan fingerprint density at radius 1 is 1.08 bits per heavy atom. The zero-order chi connectivity index (χ0) is 17.9. The third-order valence-corrected chi connectivity index (χ3v) is 5.40. The second-order valence-electron chi connectivity index (χ2n) is 6.94. The molecule has 1 atom stereocenters.